The average molecular weight is 298 g/mol. The van der Waals surface area contributed by atoms with E-state index in [-0.39, 0.29) is 11.8 Å². The molecule has 0 aromatic heterocycles. The minimum absolute atomic E-state index is 0.0294. The number of amides is 2. The fourth-order valence-corrected chi connectivity index (χ4v) is 1.87. The van der Waals surface area contributed by atoms with Crippen molar-refractivity contribution in [3.8, 4) is 0 Å². The zero-order valence-corrected chi connectivity index (χ0v) is 13.5. The number of carbonyl (C=O) groups is 2. The molecule has 0 unspecified atom stereocenters. The summed E-state index contributed by atoms with van der Waals surface area (Å²) in [5.41, 5.74) is 0. The third-order valence-corrected chi connectivity index (χ3v) is 3.05. The van der Waals surface area contributed by atoms with E-state index >= 15 is 0 Å². The van der Waals surface area contributed by atoms with Gasteiger partial charge in [0.25, 0.3) is 0 Å². The van der Waals surface area contributed by atoms with E-state index in [1.165, 1.54) is 6.08 Å². The Bertz CT molecular complexity index is 304. The first kappa shape index (κ1) is 19.6. The Labute approximate surface area is 128 Å². The van der Waals surface area contributed by atoms with Crippen molar-refractivity contribution >= 4 is 11.8 Å². The van der Waals surface area contributed by atoms with Crippen LogP contribution in [0.3, 0.4) is 0 Å². The van der Waals surface area contributed by atoms with Crippen molar-refractivity contribution in [2.75, 3.05) is 26.8 Å². The molecular formula is C16H30N2O3. The van der Waals surface area contributed by atoms with Gasteiger partial charge in [-0.3, -0.25) is 9.59 Å². The second-order valence-electron chi connectivity index (χ2n) is 5.01. The molecule has 0 aliphatic heterocycles. The van der Waals surface area contributed by atoms with Crippen molar-refractivity contribution in [1.82, 2.24) is 10.6 Å². The Morgan fingerprint density at radius 3 is 2.24 bits per heavy atom. The molecule has 0 radical (unpaired) electrons. The SMILES string of the molecule is C/C=C/C(=O)NCCCCCCNC(=O)CCCCOC. The van der Waals surface area contributed by atoms with Gasteiger partial charge in [-0.15, -0.1) is 0 Å². The van der Waals surface area contributed by atoms with Gasteiger partial charge in [0.1, 0.15) is 0 Å². The lowest BCUT2D eigenvalue weighted by molar-refractivity contribution is -0.121. The first-order chi connectivity index (χ1) is 10.2. The molecule has 122 valence electrons. The maximum atomic E-state index is 11.5. The Kier molecular flexibility index (Phi) is 14.1. The Morgan fingerprint density at radius 1 is 0.952 bits per heavy atom. The van der Waals surface area contributed by atoms with Crippen molar-refractivity contribution in [2.24, 2.45) is 0 Å². The van der Waals surface area contributed by atoms with E-state index in [0.717, 1.165) is 58.2 Å². The monoisotopic (exact) mass is 298 g/mol. The van der Waals surface area contributed by atoms with Crippen LogP contribution in [0.5, 0.6) is 0 Å². The number of hydrogen-bond acceptors (Lipinski definition) is 3. The molecule has 0 aromatic carbocycles. The number of unbranched alkanes of at least 4 members (excludes halogenated alkanes) is 4. The topological polar surface area (TPSA) is 67.4 Å². The van der Waals surface area contributed by atoms with E-state index in [2.05, 4.69) is 10.6 Å². The quantitative estimate of drug-likeness (QED) is 0.404. The summed E-state index contributed by atoms with van der Waals surface area (Å²) in [6, 6.07) is 0. The van der Waals surface area contributed by atoms with Crippen LogP contribution in [0.15, 0.2) is 12.2 Å². The molecule has 21 heavy (non-hydrogen) atoms. The van der Waals surface area contributed by atoms with Gasteiger partial charge in [-0.05, 0) is 38.7 Å². The Balaban J connectivity index is 3.24. The van der Waals surface area contributed by atoms with Gasteiger partial charge < -0.3 is 15.4 Å². The highest BCUT2D eigenvalue weighted by Gasteiger charge is 2.00. The van der Waals surface area contributed by atoms with E-state index in [1.807, 2.05) is 6.92 Å². The molecule has 5 heteroatoms. The number of ether oxygens (including phenoxy) is 1. The van der Waals surface area contributed by atoms with Gasteiger partial charge in [0.2, 0.25) is 11.8 Å². The smallest absolute Gasteiger partial charge is 0.243 e. The first-order valence-electron chi connectivity index (χ1n) is 7.87. The molecule has 0 aliphatic carbocycles. The summed E-state index contributed by atoms with van der Waals surface area (Å²) in [5.74, 6) is 0.1000. The van der Waals surface area contributed by atoms with Crippen LogP contribution < -0.4 is 10.6 Å². The van der Waals surface area contributed by atoms with Crippen molar-refractivity contribution in [3.05, 3.63) is 12.2 Å². The fraction of sp³-hybridized carbons (Fsp3) is 0.750. The normalized spacial score (nSPS) is 10.8. The molecule has 0 aliphatic rings. The van der Waals surface area contributed by atoms with E-state index in [4.69, 9.17) is 4.74 Å². The number of allylic oxidation sites excluding steroid dienone is 1. The molecule has 0 saturated heterocycles. The molecule has 2 amide bonds. The van der Waals surface area contributed by atoms with Gasteiger partial charge in [0.15, 0.2) is 0 Å². The van der Waals surface area contributed by atoms with Crippen LogP contribution in [0.1, 0.15) is 51.9 Å². The molecule has 0 spiro atoms. The Morgan fingerprint density at radius 2 is 1.62 bits per heavy atom. The van der Waals surface area contributed by atoms with E-state index in [0.29, 0.717) is 6.42 Å². The van der Waals surface area contributed by atoms with E-state index in [1.54, 1.807) is 13.2 Å². The lowest BCUT2D eigenvalue weighted by Crippen LogP contribution is -2.24. The zero-order valence-electron chi connectivity index (χ0n) is 13.5. The lowest BCUT2D eigenvalue weighted by Gasteiger charge is -2.05. The third kappa shape index (κ3) is 14.9. The number of hydrogen-bond donors (Lipinski definition) is 2. The van der Waals surface area contributed by atoms with E-state index < -0.39 is 0 Å². The fourth-order valence-electron chi connectivity index (χ4n) is 1.87. The van der Waals surface area contributed by atoms with Crippen LogP contribution >= 0.6 is 0 Å². The summed E-state index contributed by atoms with van der Waals surface area (Å²) in [6.45, 7) is 4.01. The average Bonchev–Trinajstić information content (AvgIpc) is 2.46. The maximum Gasteiger partial charge on any atom is 0.243 e. The third-order valence-electron chi connectivity index (χ3n) is 3.05. The molecule has 0 heterocycles. The summed E-state index contributed by atoms with van der Waals surface area (Å²) in [6.07, 6.45) is 9.77. The zero-order chi connectivity index (χ0) is 15.8. The lowest BCUT2D eigenvalue weighted by atomic mass is 10.2. The van der Waals surface area contributed by atoms with Crippen molar-refractivity contribution < 1.29 is 14.3 Å². The van der Waals surface area contributed by atoms with Gasteiger partial charge in [-0.1, -0.05) is 18.9 Å². The van der Waals surface area contributed by atoms with Crippen LogP contribution in [-0.2, 0) is 14.3 Å². The standard InChI is InChI=1S/C16H30N2O3/c1-3-10-15(19)17-12-7-4-5-8-13-18-16(20)11-6-9-14-21-2/h3,10H,4-9,11-14H2,1-2H3,(H,17,19)(H,18,20)/b10-3+. The summed E-state index contributed by atoms with van der Waals surface area (Å²) in [5, 5.41) is 5.75. The number of methoxy groups -OCH3 is 1. The summed E-state index contributed by atoms with van der Waals surface area (Å²) < 4.78 is 4.94. The minimum atomic E-state index is -0.0294. The number of rotatable bonds is 13. The van der Waals surface area contributed by atoms with Crippen LogP contribution in [-0.4, -0.2) is 38.6 Å². The maximum absolute atomic E-state index is 11.5. The van der Waals surface area contributed by atoms with Gasteiger partial charge in [-0.25, -0.2) is 0 Å². The minimum Gasteiger partial charge on any atom is -0.385 e. The summed E-state index contributed by atoms with van der Waals surface area (Å²) in [7, 11) is 1.67. The highest BCUT2D eigenvalue weighted by molar-refractivity contribution is 5.87. The van der Waals surface area contributed by atoms with Crippen LogP contribution in [0.25, 0.3) is 0 Å². The van der Waals surface area contributed by atoms with Crippen molar-refractivity contribution in [1.29, 1.82) is 0 Å². The molecule has 5 nitrogen and oxygen atoms in total. The molecule has 0 rings (SSSR count). The van der Waals surface area contributed by atoms with Gasteiger partial charge in [-0.2, -0.15) is 0 Å². The molecular weight excluding hydrogens is 268 g/mol. The highest BCUT2D eigenvalue weighted by Crippen LogP contribution is 1.99. The summed E-state index contributed by atoms with van der Waals surface area (Å²) >= 11 is 0. The molecule has 2 N–H and O–H groups in total. The van der Waals surface area contributed by atoms with Crippen LogP contribution in [0.4, 0.5) is 0 Å². The predicted octanol–water partition coefficient (Wildman–Crippen LogP) is 2.17. The van der Waals surface area contributed by atoms with Crippen LogP contribution in [0, 0.1) is 0 Å². The highest BCUT2D eigenvalue weighted by atomic mass is 16.5. The van der Waals surface area contributed by atoms with Gasteiger partial charge in [0, 0.05) is 33.2 Å². The van der Waals surface area contributed by atoms with Crippen molar-refractivity contribution in [3.63, 3.8) is 0 Å². The molecule has 0 atom stereocenters. The van der Waals surface area contributed by atoms with Gasteiger partial charge in [0.05, 0.1) is 0 Å². The number of nitrogens with one attached hydrogen (secondary N) is 2. The van der Waals surface area contributed by atoms with Crippen molar-refractivity contribution in [2.45, 2.75) is 51.9 Å². The van der Waals surface area contributed by atoms with Gasteiger partial charge >= 0.3 is 0 Å². The molecule has 0 saturated carbocycles. The van der Waals surface area contributed by atoms with E-state index in [9.17, 15) is 9.59 Å². The Hall–Kier alpha value is -1.36. The first-order valence-corrected chi connectivity index (χ1v) is 7.87. The molecule has 0 bridgehead atoms. The molecule has 0 aromatic rings. The summed E-state index contributed by atoms with van der Waals surface area (Å²) in [4.78, 5) is 22.6. The predicted molar refractivity (Wildman–Crippen MR) is 85.0 cm³/mol. The molecule has 0 fully saturated rings. The van der Waals surface area contributed by atoms with Crippen LogP contribution in [0.2, 0.25) is 0 Å². The largest absolute Gasteiger partial charge is 0.385 e. The second-order valence-corrected chi connectivity index (χ2v) is 5.01. The number of carbonyl (C=O) groups excluding carboxylic acids is 2. The second kappa shape index (κ2) is 15.0.